The van der Waals surface area contributed by atoms with Crippen LogP contribution in [0.1, 0.15) is 119 Å². The van der Waals surface area contributed by atoms with Gasteiger partial charge in [0.05, 0.1) is 18.1 Å². The number of phenolic OH excluding ortho intramolecular Hbond substituents is 2. The Morgan fingerprint density at radius 1 is 0.854 bits per heavy atom. The number of hydrogen-bond acceptors (Lipinski definition) is 3. The van der Waals surface area contributed by atoms with Crippen LogP contribution in [0.2, 0.25) is 0 Å². The molecule has 0 spiro atoms. The fraction of sp³-hybridized carbons (Fsp3) is 0.447. The van der Waals surface area contributed by atoms with Gasteiger partial charge in [-0.3, -0.25) is 0 Å². The molecule has 0 radical (unpaired) electrons. The van der Waals surface area contributed by atoms with Crippen LogP contribution in [-0.4, -0.2) is 10.2 Å². The molecule has 1 atom stereocenters. The number of aromatic hydroxyl groups is 2. The van der Waals surface area contributed by atoms with Crippen LogP contribution in [0.4, 0.5) is 0 Å². The molecule has 0 fully saturated rings. The molecule has 0 heterocycles. The molecular formula is C38H47NO2. The minimum absolute atomic E-state index is 0.194. The number of hydrogen-bond donors (Lipinski definition) is 2. The highest BCUT2D eigenvalue weighted by Gasteiger charge is 2.35. The fourth-order valence-corrected chi connectivity index (χ4v) is 6.73. The Labute approximate surface area is 247 Å². The van der Waals surface area contributed by atoms with Crippen molar-refractivity contribution in [2.45, 2.75) is 104 Å². The van der Waals surface area contributed by atoms with E-state index in [1.807, 2.05) is 36.4 Å². The van der Waals surface area contributed by atoms with E-state index >= 15 is 0 Å². The number of rotatable bonds is 12. The fourth-order valence-electron chi connectivity index (χ4n) is 6.73. The van der Waals surface area contributed by atoms with Gasteiger partial charge in [0.25, 0.3) is 0 Å². The number of phenols is 2. The second-order valence-corrected chi connectivity index (χ2v) is 12.7. The van der Waals surface area contributed by atoms with Gasteiger partial charge >= 0.3 is 0 Å². The van der Waals surface area contributed by atoms with Gasteiger partial charge in [-0.05, 0) is 59.3 Å². The summed E-state index contributed by atoms with van der Waals surface area (Å²) in [5, 5.41) is 34.1. The number of unbranched alkanes of at least 4 members (excludes halogenated alkanes) is 3. The third kappa shape index (κ3) is 7.23. The zero-order valence-electron chi connectivity index (χ0n) is 25.5. The quantitative estimate of drug-likeness (QED) is 0.221. The van der Waals surface area contributed by atoms with E-state index in [2.05, 4.69) is 58.0 Å². The molecule has 216 valence electrons. The van der Waals surface area contributed by atoms with Gasteiger partial charge in [-0.1, -0.05) is 120 Å². The van der Waals surface area contributed by atoms with Gasteiger partial charge in [0.2, 0.25) is 0 Å². The average molecular weight is 550 g/mol. The summed E-state index contributed by atoms with van der Waals surface area (Å²) in [5.41, 5.74) is 7.51. The Bertz CT molecular complexity index is 1310. The van der Waals surface area contributed by atoms with Gasteiger partial charge < -0.3 is 10.2 Å². The van der Waals surface area contributed by atoms with Crippen molar-refractivity contribution in [1.82, 2.24) is 0 Å². The lowest BCUT2D eigenvalue weighted by Crippen LogP contribution is -2.23. The summed E-state index contributed by atoms with van der Waals surface area (Å²) in [4.78, 5) is 0. The zero-order chi connectivity index (χ0) is 29.4. The number of benzene rings is 3. The van der Waals surface area contributed by atoms with Gasteiger partial charge in [-0.25, -0.2) is 0 Å². The van der Waals surface area contributed by atoms with Crippen molar-refractivity contribution in [1.29, 1.82) is 5.26 Å². The summed E-state index contributed by atoms with van der Waals surface area (Å²) in [7, 11) is 0. The molecule has 3 heteroatoms. The van der Waals surface area contributed by atoms with Crippen LogP contribution in [0.5, 0.6) is 11.5 Å². The highest BCUT2D eigenvalue weighted by atomic mass is 16.3. The summed E-state index contributed by atoms with van der Waals surface area (Å²) in [6, 6.07) is 23.0. The summed E-state index contributed by atoms with van der Waals surface area (Å²) in [6.45, 7) is 9.01. The van der Waals surface area contributed by atoms with Gasteiger partial charge in [0.1, 0.15) is 11.5 Å². The lowest BCUT2D eigenvalue weighted by Gasteiger charge is -2.34. The van der Waals surface area contributed by atoms with Crippen LogP contribution in [0.25, 0.3) is 5.57 Å². The second kappa shape index (κ2) is 13.9. The van der Waals surface area contributed by atoms with Crippen LogP contribution >= 0.6 is 0 Å². The predicted octanol–water partition coefficient (Wildman–Crippen LogP) is 10.0. The molecule has 3 nitrogen and oxygen atoms in total. The standard InChI is InChI=1S/C38H47NO2/c1-5-6-7-14-22-38(3,4)35-32(25-28-15-10-8-11-16-28)36(40)34(31-24-27(2)19-20-30(31)21-23-39)37(41)33(35)26-29-17-12-9-13-18-29/h8-13,15-18,27,40-41H,5-7,14,19-22,24-26H2,1-4H3. The normalized spacial score (nSPS) is 15.6. The van der Waals surface area contributed by atoms with E-state index in [0.717, 1.165) is 71.1 Å². The van der Waals surface area contributed by atoms with Gasteiger partial charge in [-0.2, -0.15) is 5.26 Å². The highest BCUT2D eigenvalue weighted by Crippen LogP contribution is 2.51. The first-order valence-corrected chi connectivity index (χ1v) is 15.5. The number of allylic oxidation sites excluding steroid dienone is 2. The Morgan fingerprint density at radius 3 is 1.93 bits per heavy atom. The molecule has 0 amide bonds. The largest absolute Gasteiger partial charge is 0.507 e. The summed E-state index contributed by atoms with van der Waals surface area (Å²) < 4.78 is 0. The Hall–Kier alpha value is -3.51. The van der Waals surface area contributed by atoms with E-state index in [9.17, 15) is 15.5 Å². The Kier molecular flexibility index (Phi) is 10.3. The van der Waals surface area contributed by atoms with E-state index in [1.165, 1.54) is 19.3 Å². The maximum absolute atomic E-state index is 12.2. The summed E-state index contributed by atoms with van der Waals surface area (Å²) in [5.74, 6) is 0.815. The molecule has 0 saturated heterocycles. The lowest BCUT2D eigenvalue weighted by atomic mass is 9.70. The van der Waals surface area contributed by atoms with Gasteiger partial charge in [0, 0.05) is 24.0 Å². The zero-order valence-corrected chi connectivity index (χ0v) is 25.5. The summed E-state index contributed by atoms with van der Waals surface area (Å²) >= 11 is 0. The monoisotopic (exact) mass is 549 g/mol. The van der Waals surface area contributed by atoms with E-state index < -0.39 is 0 Å². The minimum atomic E-state index is -0.251. The molecule has 0 aliphatic heterocycles. The predicted molar refractivity (Wildman–Crippen MR) is 170 cm³/mol. The molecule has 3 aromatic carbocycles. The van der Waals surface area contributed by atoms with E-state index in [0.29, 0.717) is 30.7 Å². The molecule has 3 aromatic rings. The van der Waals surface area contributed by atoms with Crippen molar-refractivity contribution in [2.75, 3.05) is 0 Å². The van der Waals surface area contributed by atoms with Crippen LogP contribution in [-0.2, 0) is 18.3 Å². The molecule has 0 bridgehead atoms. The third-order valence-electron chi connectivity index (χ3n) is 8.94. The third-order valence-corrected chi connectivity index (χ3v) is 8.94. The Balaban J connectivity index is 2.02. The SMILES string of the molecule is CCCCCCC(C)(C)c1c(Cc2ccccc2)c(O)c(C2=C(CC#N)CCC(C)C2)c(O)c1Cc1ccccc1. The van der Waals surface area contributed by atoms with Crippen molar-refractivity contribution in [3.63, 3.8) is 0 Å². The van der Waals surface area contributed by atoms with Crippen molar-refractivity contribution < 1.29 is 10.2 Å². The van der Waals surface area contributed by atoms with Crippen molar-refractivity contribution in [3.05, 3.63) is 99.6 Å². The second-order valence-electron chi connectivity index (χ2n) is 12.7. The first-order valence-electron chi connectivity index (χ1n) is 15.5. The van der Waals surface area contributed by atoms with Crippen molar-refractivity contribution >= 4 is 5.57 Å². The first-order chi connectivity index (χ1) is 19.8. The highest BCUT2D eigenvalue weighted by molar-refractivity contribution is 5.82. The van der Waals surface area contributed by atoms with Gasteiger partial charge in [0.15, 0.2) is 0 Å². The first kappa shape index (κ1) is 30.4. The summed E-state index contributed by atoms with van der Waals surface area (Å²) in [6.07, 6.45) is 9.79. The molecule has 2 N–H and O–H groups in total. The maximum Gasteiger partial charge on any atom is 0.130 e. The van der Waals surface area contributed by atoms with E-state index in [1.54, 1.807) is 0 Å². The molecule has 0 aromatic heterocycles. The number of nitriles is 1. The van der Waals surface area contributed by atoms with Crippen LogP contribution in [0.3, 0.4) is 0 Å². The van der Waals surface area contributed by atoms with Gasteiger partial charge in [-0.15, -0.1) is 0 Å². The Morgan fingerprint density at radius 2 is 1.41 bits per heavy atom. The molecular weight excluding hydrogens is 502 g/mol. The molecule has 4 rings (SSSR count). The topological polar surface area (TPSA) is 64.2 Å². The van der Waals surface area contributed by atoms with Crippen LogP contribution in [0, 0.1) is 17.2 Å². The maximum atomic E-state index is 12.2. The number of nitrogens with zero attached hydrogens (tertiary/aromatic N) is 1. The smallest absolute Gasteiger partial charge is 0.130 e. The minimum Gasteiger partial charge on any atom is -0.507 e. The van der Waals surface area contributed by atoms with Crippen molar-refractivity contribution in [3.8, 4) is 17.6 Å². The van der Waals surface area contributed by atoms with Crippen LogP contribution in [0.15, 0.2) is 66.2 Å². The molecule has 0 saturated carbocycles. The van der Waals surface area contributed by atoms with E-state index in [4.69, 9.17) is 0 Å². The molecule has 1 aliphatic rings. The van der Waals surface area contributed by atoms with Crippen LogP contribution < -0.4 is 0 Å². The van der Waals surface area contributed by atoms with E-state index in [-0.39, 0.29) is 16.9 Å². The average Bonchev–Trinajstić information content (AvgIpc) is 2.96. The lowest BCUT2D eigenvalue weighted by molar-refractivity contribution is 0.409. The molecule has 1 aliphatic carbocycles. The molecule has 1 unspecified atom stereocenters. The molecule has 41 heavy (non-hydrogen) atoms. The van der Waals surface area contributed by atoms with Crippen molar-refractivity contribution in [2.24, 2.45) is 5.92 Å².